The van der Waals surface area contributed by atoms with Gasteiger partial charge in [-0.15, -0.1) is 0 Å². The summed E-state index contributed by atoms with van der Waals surface area (Å²) in [5, 5.41) is 0. The van der Waals surface area contributed by atoms with Gasteiger partial charge < -0.3 is 70.3 Å². The topological polar surface area (TPSA) is 316 Å². The summed E-state index contributed by atoms with van der Waals surface area (Å²) in [4.78, 5) is 85.2. The molecule has 0 atom stereocenters. The Bertz CT molecular complexity index is 219. The molecule has 0 unspecified atom stereocenters. The zero-order valence-corrected chi connectivity index (χ0v) is 23.5. The van der Waals surface area contributed by atoms with Crippen LogP contribution in [0.3, 0.4) is 0 Å². The molecule has 0 bridgehead atoms. The normalized spacial score (nSPS) is 5.22. The minimum atomic E-state index is -3.63. The summed E-state index contributed by atoms with van der Waals surface area (Å²) < 4.78 is 42.6. The zero-order valence-electron chi connectivity index (χ0n) is 10.4. The van der Waals surface area contributed by atoms with Crippen LogP contribution < -0.4 is 48.0 Å². The van der Waals surface area contributed by atoms with Crippen LogP contribution in [0.15, 0.2) is 0 Å². The molecule has 0 rings (SSSR count). The molecule has 15 nitrogen and oxygen atoms in total. The molecule has 23 heteroatoms. The van der Waals surface area contributed by atoms with Crippen LogP contribution in [0, 0.1) is 0 Å². The van der Waals surface area contributed by atoms with E-state index in [2.05, 4.69) is 0 Å². The van der Waals surface area contributed by atoms with Crippen LogP contribution in [0.25, 0.3) is 0 Å². The molecule has 0 saturated heterocycles. The molecule has 0 spiro atoms. The van der Waals surface area contributed by atoms with E-state index in [1.54, 1.807) is 0 Å². The molecule has 0 aromatic heterocycles. The summed E-state index contributed by atoms with van der Waals surface area (Å²) >= 11 is 0. The van der Waals surface area contributed by atoms with Crippen LogP contribution in [0.4, 0.5) is 0 Å². The Morgan fingerprint density at radius 2 is 0.391 bits per heavy atom. The average molecular weight is 631 g/mol. The molecule has 0 N–H and O–H groups in total. The molecule has 0 aromatic rings. The van der Waals surface area contributed by atoms with Crippen molar-refractivity contribution in [3.05, 3.63) is 0 Å². The van der Waals surface area contributed by atoms with Gasteiger partial charge >= 0.3 is 87.7 Å². The van der Waals surface area contributed by atoms with Crippen LogP contribution in [0.1, 0.15) is 0 Å². The molecule has 0 aliphatic heterocycles. The van der Waals surface area contributed by atoms with Gasteiger partial charge in [0.15, 0.2) is 0 Å². The van der Waals surface area contributed by atoms with Crippen molar-refractivity contribution in [3.8, 4) is 0 Å². The summed E-state index contributed by atoms with van der Waals surface area (Å²) in [5.74, 6) is 0. The molecule has 120 valence electrons. The van der Waals surface area contributed by atoms with Crippen molar-refractivity contribution in [1.82, 2.24) is 0 Å². The second-order valence-electron chi connectivity index (χ2n) is 1.25. The quantitative estimate of drug-likeness (QED) is 0.224. The Morgan fingerprint density at radius 3 is 0.391 bits per heavy atom. The Morgan fingerprint density at radius 1 is 0.391 bits per heavy atom. The van der Waals surface area contributed by atoms with Crippen LogP contribution in [0.5, 0.6) is 0 Å². The van der Waals surface area contributed by atoms with E-state index in [0.717, 1.165) is 0 Å². The van der Waals surface area contributed by atoms with Crippen LogP contribution in [0.2, 0.25) is 0 Å². The summed E-state index contributed by atoms with van der Waals surface area (Å²) in [7, 11) is -18.1. The Balaban J connectivity index is -0.0000000197. The molecule has 0 saturated carbocycles. The minimum absolute atomic E-state index is 0. The molecule has 23 heavy (non-hydrogen) atoms. The third-order valence-corrected chi connectivity index (χ3v) is 0. The van der Waals surface area contributed by atoms with Crippen molar-refractivity contribution >= 4 is 111 Å². The van der Waals surface area contributed by atoms with Crippen molar-refractivity contribution in [1.29, 1.82) is 0 Å². The van der Waals surface area contributed by atoms with E-state index in [0.29, 0.717) is 0 Å². The van der Waals surface area contributed by atoms with Gasteiger partial charge in [0, 0.05) is 45.9 Å². The van der Waals surface area contributed by atoms with Gasteiger partial charge in [-0.1, -0.05) is 0 Å². The van der Waals surface area contributed by atoms with E-state index in [-0.39, 0.29) is 87.7 Å². The molecule has 0 heterocycles. The Labute approximate surface area is 201 Å². The first-order valence-corrected chi connectivity index (χ1v) is 9.19. The van der Waals surface area contributed by atoms with Crippen LogP contribution in [-0.2, 0) is 44.7 Å². The van der Waals surface area contributed by atoms with E-state index in [1.165, 1.54) is 0 Å². The smallest absolute Gasteiger partial charge is 0.672 e. The van der Waals surface area contributed by atoms with Crippen LogP contribution in [-0.4, -0.2) is 111 Å². The third kappa shape index (κ3) is 11300. The predicted octanol–water partition coefficient (Wildman–Crippen LogP) is -15.2. The van der Waals surface area contributed by atoms with Gasteiger partial charge in [0.1, 0.15) is 0 Å². The number of rotatable bonds is 0. The maximum atomic E-state index is 8.52. The first-order chi connectivity index (χ1) is 8.66. The summed E-state index contributed by atoms with van der Waals surface area (Å²) in [6.45, 7) is 0. The largest absolute Gasteiger partial charge is 5.00 e. The third-order valence-electron chi connectivity index (χ3n) is 0. The first kappa shape index (κ1) is 49.6. The molecule has 0 amide bonds. The fourth-order valence-corrected chi connectivity index (χ4v) is 0. The summed E-state index contributed by atoms with van der Waals surface area (Å²) in [5.41, 5.74) is 0. The molecule has 0 aromatic carbocycles. The van der Waals surface area contributed by atoms with Crippen molar-refractivity contribution in [2.45, 2.75) is 0 Å². The monoisotopic (exact) mass is 630 g/mol. The number of hydrogen-bond donors (Lipinski definition) is 0. The molecular weight excluding hydrogens is 631 g/mol. The molecule has 0 aliphatic carbocycles. The van der Waals surface area contributed by atoms with E-state index in [4.69, 9.17) is 70.3 Å². The Kier molecular flexibility index (Phi) is 93.7. The van der Waals surface area contributed by atoms with Gasteiger partial charge in [-0.2, -0.15) is 0 Å². The molecular formula is GaNbO15Si5Sr. The SMILES string of the molecule is O=[Si]([O-])[O-].O=[Si]([O-])[O-].O=[Si]([O-])[O-].O=[Si]([O-])[O-].O=[Si]([O-])[O-].[Ga+3].[Nb+5].[Sr+2]. The van der Waals surface area contributed by atoms with Gasteiger partial charge in [-0.25, -0.2) is 0 Å². The van der Waals surface area contributed by atoms with Gasteiger partial charge in [-0.3, -0.25) is 0 Å². The maximum Gasteiger partial charge on any atom is 5.00 e. The van der Waals surface area contributed by atoms with E-state index in [9.17, 15) is 0 Å². The van der Waals surface area contributed by atoms with Gasteiger partial charge in [0.25, 0.3) is 0 Å². The van der Waals surface area contributed by atoms with E-state index >= 15 is 0 Å². The number of hydrogen-bond acceptors (Lipinski definition) is 15. The van der Waals surface area contributed by atoms with Crippen LogP contribution >= 0.6 is 0 Å². The molecule has 0 radical (unpaired) electrons. The van der Waals surface area contributed by atoms with Gasteiger partial charge in [0.05, 0.1) is 0 Å². The molecule has 0 aliphatic rings. The van der Waals surface area contributed by atoms with Crippen molar-refractivity contribution in [3.63, 3.8) is 0 Å². The predicted molar refractivity (Wildman–Crippen MR) is 43.7 cm³/mol. The second kappa shape index (κ2) is 43.5. The summed E-state index contributed by atoms with van der Waals surface area (Å²) in [6, 6.07) is 0. The first-order valence-electron chi connectivity index (χ1n) is 3.06. The summed E-state index contributed by atoms with van der Waals surface area (Å²) in [6.07, 6.45) is 0. The second-order valence-corrected chi connectivity index (χ2v) is 3.75. The van der Waals surface area contributed by atoms with Gasteiger partial charge in [0.2, 0.25) is 0 Å². The molecule has 0 fully saturated rings. The van der Waals surface area contributed by atoms with Crippen molar-refractivity contribution in [2.75, 3.05) is 0 Å². The van der Waals surface area contributed by atoms with Crippen molar-refractivity contribution < 1.29 is 92.6 Å². The van der Waals surface area contributed by atoms with E-state index < -0.39 is 45.9 Å². The minimum Gasteiger partial charge on any atom is -0.672 e. The average Bonchev–Trinajstić information content (AvgIpc) is 1.94. The van der Waals surface area contributed by atoms with Crippen molar-refractivity contribution in [2.24, 2.45) is 0 Å². The van der Waals surface area contributed by atoms with Gasteiger partial charge in [-0.05, 0) is 0 Å². The maximum absolute atomic E-state index is 8.52. The Hall–Kier alpha value is 0.942. The van der Waals surface area contributed by atoms with E-state index in [1.807, 2.05) is 0 Å². The zero-order chi connectivity index (χ0) is 17.9. The fourth-order valence-electron chi connectivity index (χ4n) is 0. The fraction of sp³-hybridized carbons (Fsp3) is 0. The standard InChI is InChI=1S/Ga.Nb.5O3Si.Sr/c;;5*1-4(2)3;/q+3;+5;5*-2;+2.